The monoisotopic (exact) mass is 544 g/mol. The van der Waals surface area contributed by atoms with Crippen LogP contribution in [0.25, 0.3) is 22.3 Å². The Morgan fingerprint density at radius 3 is 2.59 bits per heavy atom. The standard InChI is InChI=1S/C26H24F4N6O3/c1-14-18-5-3-16(11-21(18)35(2)33-14)23-32-25(39-34-23)15-7-9-36(10-8-15)22(37)13-31-24(38)19-12-17(27)4-6-20(19)26(28,29)30/h3-6,11-12,15H,7-10,13H2,1-2H3,(H,31,38). The summed E-state index contributed by atoms with van der Waals surface area (Å²) in [6, 6.07) is 7.44. The molecule has 0 unspecified atom stereocenters. The van der Waals surface area contributed by atoms with Gasteiger partial charge in [-0.25, -0.2) is 4.39 Å². The van der Waals surface area contributed by atoms with E-state index < -0.39 is 41.5 Å². The minimum Gasteiger partial charge on any atom is -0.343 e. The molecule has 0 spiro atoms. The largest absolute Gasteiger partial charge is 0.417 e. The number of carbonyl (C=O) groups excluding carboxylic acids is 2. The zero-order chi connectivity index (χ0) is 27.9. The molecular formula is C26H24F4N6O3. The molecular weight excluding hydrogens is 520 g/mol. The molecule has 0 aliphatic carbocycles. The number of aryl methyl sites for hydroxylation is 2. The Kier molecular flexibility index (Phi) is 6.83. The highest BCUT2D eigenvalue weighted by atomic mass is 19.4. The van der Waals surface area contributed by atoms with Crippen LogP contribution in [0.1, 0.15) is 46.3 Å². The van der Waals surface area contributed by atoms with Crippen molar-refractivity contribution in [1.29, 1.82) is 0 Å². The topological polar surface area (TPSA) is 106 Å². The number of likely N-dealkylation sites (tertiary alicyclic amines) is 1. The Hall–Kier alpha value is -4.29. The van der Waals surface area contributed by atoms with Crippen molar-refractivity contribution >= 4 is 22.7 Å². The maximum atomic E-state index is 13.5. The van der Waals surface area contributed by atoms with Crippen molar-refractivity contribution in [2.75, 3.05) is 19.6 Å². The lowest BCUT2D eigenvalue weighted by molar-refractivity contribution is -0.138. The first-order valence-electron chi connectivity index (χ1n) is 12.2. The Labute approximate surface area is 219 Å². The summed E-state index contributed by atoms with van der Waals surface area (Å²) in [5.41, 5.74) is 0.509. The van der Waals surface area contributed by atoms with Crippen LogP contribution in [0.5, 0.6) is 0 Å². The van der Waals surface area contributed by atoms with Crippen LogP contribution < -0.4 is 5.32 Å². The number of alkyl halides is 3. The first-order chi connectivity index (χ1) is 18.5. The van der Waals surface area contributed by atoms with Gasteiger partial charge >= 0.3 is 6.18 Å². The molecule has 1 aliphatic rings. The molecule has 1 saturated heterocycles. The van der Waals surface area contributed by atoms with Gasteiger partial charge in [-0.2, -0.15) is 23.3 Å². The van der Waals surface area contributed by atoms with Gasteiger partial charge in [0.25, 0.3) is 5.91 Å². The van der Waals surface area contributed by atoms with E-state index in [0.717, 1.165) is 22.2 Å². The number of benzene rings is 2. The molecule has 2 aromatic carbocycles. The van der Waals surface area contributed by atoms with Crippen molar-refractivity contribution in [3.63, 3.8) is 0 Å². The molecule has 2 amide bonds. The molecule has 1 N–H and O–H groups in total. The first-order valence-corrected chi connectivity index (χ1v) is 12.2. The lowest BCUT2D eigenvalue weighted by atomic mass is 9.96. The van der Waals surface area contributed by atoms with E-state index in [2.05, 4.69) is 20.6 Å². The number of piperidine rings is 1. The first kappa shape index (κ1) is 26.3. The molecule has 0 radical (unpaired) electrons. The molecule has 1 aliphatic heterocycles. The van der Waals surface area contributed by atoms with E-state index in [4.69, 9.17) is 4.52 Å². The van der Waals surface area contributed by atoms with E-state index in [1.54, 1.807) is 4.68 Å². The lowest BCUT2D eigenvalue weighted by Crippen LogP contribution is -2.44. The van der Waals surface area contributed by atoms with Gasteiger partial charge in [-0.3, -0.25) is 14.3 Å². The maximum absolute atomic E-state index is 13.5. The third-order valence-electron chi connectivity index (χ3n) is 6.86. The lowest BCUT2D eigenvalue weighted by Gasteiger charge is -2.30. The highest BCUT2D eigenvalue weighted by Gasteiger charge is 2.35. The molecule has 0 bridgehead atoms. The highest BCUT2D eigenvalue weighted by molar-refractivity contribution is 5.98. The van der Waals surface area contributed by atoms with Crippen molar-refractivity contribution in [3.05, 3.63) is 64.9 Å². The summed E-state index contributed by atoms with van der Waals surface area (Å²) in [6.45, 7) is 2.10. The molecule has 1 fully saturated rings. The van der Waals surface area contributed by atoms with E-state index >= 15 is 0 Å². The SMILES string of the molecule is Cc1nn(C)c2cc(-c3noc(C4CCN(C(=O)CNC(=O)c5cc(F)ccc5C(F)(F)F)CC4)n3)ccc12. The Balaban J connectivity index is 1.18. The van der Waals surface area contributed by atoms with Crippen molar-refractivity contribution in [3.8, 4) is 11.4 Å². The summed E-state index contributed by atoms with van der Waals surface area (Å²) in [5.74, 6) is -1.80. The highest BCUT2D eigenvalue weighted by Crippen LogP contribution is 2.33. The second-order valence-electron chi connectivity index (χ2n) is 9.42. The van der Waals surface area contributed by atoms with Gasteiger partial charge < -0.3 is 14.7 Å². The zero-order valence-electron chi connectivity index (χ0n) is 21.0. The predicted octanol–water partition coefficient (Wildman–Crippen LogP) is 4.23. The van der Waals surface area contributed by atoms with Gasteiger partial charge in [-0.1, -0.05) is 17.3 Å². The molecule has 4 aromatic rings. The number of carbonyl (C=O) groups is 2. The smallest absolute Gasteiger partial charge is 0.343 e. The van der Waals surface area contributed by atoms with Crippen molar-refractivity contribution < 1.29 is 31.7 Å². The van der Waals surface area contributed by atoms with Gasteiger partial charge in [0.2, 0.25) is 17.6 Å². The number of hydrogen-bond acceptors (Lipinski definition) is 6. The van der Waals surface area contributed by atoms with Crippen LogP contribution in [-0.4, -0.2) is 56.3 Å². The molecule has 39 heavy (non-hydrogen) atoms. The quantitative estimate of drug-likeness (QED) is 0.377. The molecule has 3 heterocycles. The minimum atomic E-state index is -4.84. The number of rotatable bonds is 5. The Morgan fingerprint density at radius 1 is 1.13 bits per heavy atom. The summed E-state index contributed by atoms with van der Waals surface area (Å²) >= 11 is 0. The molecule has 13 heteroatoms. The molecule has 9 nitrogen and oxygen atoms in total. The van der Waals surface area contributed by atoms with Crippen LogP contribution in [0, 0.1) is 12.7 Å². The minimum absolute atomic E-state index is 0.0748. The molecule has 2 aromatic heterocycles. The van der Waals surface area contributed by atoms with Crippen LogP contribution in [0.4, 0.5) is 17.6 Å². The van der Waals surface area contributed by atoms with E-state index in [0.29, 0.717) is 55.8 Å². The van der Waals surface area contributed by atoms with Gasteiger partial charge in [0.05, 0.1) is 28.9 Å². The number of fused-ring (bicyclic) bond motifs is 1. The molecule has 5 rings (SSSR count). The van der Waals surface area contributed by atoms with Crippen LogP contribution in [0.3, 0.4) is 0 Å². The molecule has 204 valence electrons. The summed E-state index contributed by atoms with van der Waals surface area (Å²) in [7, 11) is 1.86. The summed E-state index contributed by atoms with van der Waals surface area (Å²) in [6.07, 6.45) is -3.78. The number of aromatic nitrogens is 4. The second-order valence-corrected chi connectivity index (χ2v) is 9.42. The molecule has 0 saturated carbocycles. The van der Waals surface area contributed by atoms with E-state index in [9.17, 15) is 27.2 Å². The summed E-state index contributed by atoms with van der Waals surface area (Å²) < 4.78 is 60.4. The maximum Gasteiger partial charge on any atom is 0.417 e. The van der Waals surface area contributed by atoms with E-state index in [1.165, 1.54) is 4.90 Å². The third kappa shape index (κ3) is 5.33. The van der Waals surface area contributed by atoms with Crippen molar-refractivity contribution in [2.45, 2.75) is 31.9 Å². The van der Waals surface area contributed by atoms with E-state index in [-0.39, 0.29) is 5.92 Å². The normalized spacial score (nSPS) is 14.7. The number of nitrogens with zero attached hydrogens (tertiary/aromatic N) is 5. The Bertz CT molecular complexity index is 1550. The van der Waals surface area contributed by atoms with Crippen molar-refractivity contribution in [1.82, 2.24) is 30.1 Å². The van der Waals surface area contributed by atoms with Gasteiger partial charge in [-0.15, -0.1) is 0 Å². The fourth-order valence-corrected chi connectivity index (χ4v) is 4.79. The average Bonchev–Trinajstić information content (AvgIpc) is 3.51. The number of amides is 2. The van der Waals surface area contributed by atoms with Gasteiger partial charge in [0, 0.05) is 37.0 Å². The average molecular weight is 545 g/mol. The summed E-state index contributed by atoms with van der Waals surface area (Å²) in [5, 5.41) is 11.7. The zero-order valence-corrected chi connectivity index (χ0v) is 21.0. The fourth-order valence-electron chi connectivity index (χ4n) is 4.79. The third-order valence-corrected chi connectivity index (χ3v) is 6.86. The molecule has 0 atom stereocenters. The van der Waals surface area contributed by atoms with Crippen LogP contribution in [-0.2, 0) is 18.0 Å². The van der Waals surface area contributed by atoms with Gasteiger partial charge in [-0.05, 0) is 44.0 Å². The Morgan fingerprint density at radius 2 is 1.87 bits per heavy atom. The van der Waals surface area contributed by atoms with Gasteiger partial charge in [0.1, 0.15) is 5.82 Å². The fraction of sp³-hybridized carbons (Fsp3) is 0.346. The number of halogens is 4. The van der Waals surface area contributed by atoms with Gasteiger partial charge in [0.15, 0.2) is 0 Å². The number of hydrogen-bond donors (Lipinski definition) is 1. The number of nitrogens with one attached hydrogen (secondary N) is 1. The van der Waals surface area contributed by atoms with Crippen LogP contribution in [0.15, 0.2) is 40.9 Å². The van der Waals surface area contributed by atoms with E-state index in [1.807, 2.05) is 32.2 Å². The van der Waals surface area contributed by atoms with Crippen molar-refractivity contribution in [2.24, 2.45) is 7.05 Å². The van der Waals surface area contributed by atoms with Crippen LogP contribution >= 0.6 is 0 Å². The van der Waals surface area contributed by atoms with Crippen LogP contribution in [0.2, 0.25) is 0 Å². The predicted molar refractivity (Wildman–Crippen MR) is 131 cm³/mol. The summed E-state index contributed by atoms with van der Waals surface area (Å²) in [4.78, 5) is 31.0. The second kappa shape index (κ2) is 10.1.